The second-order valence-corrected chi connectivity index (χ2v) is 6.72. The Hall–Kier alpha value is -2.78. The smallest absolute Gasteiger partial charge is 0.0954 e. The van der Waals surface area contributed by atoms with E-state index < -0.39 is 0 Å². The lowest BCUT2D eigenvalue weighted by atomic mass is 9.94. The third-order valence-electron chi connectivity index (χ3n) is 4.66. The number of benzene rings is 2. The summed E-state index contributed by atoms with van der Waals surface area (Å²) < 4.78 is 4.39. The van der Waals surface area contributed by atoms with Gasteiger partial charge in [0, 0.05) is 47.5 Å². The number of hydrogen-bond acceptors (Lipinski definition) is 1. The summed E-state index contributed by atoms with van der Waals surface area (Å²) in [6.07, 6.45) is 10.2. The standard InChI is InChI=1S/C22H20ClN3/c1-2-25-14-20(17-8-10-19(23)11-9-17)21(15-25)22(26-13-12-24-16-26)18-6-4-3-5-7-18/h3-16,22H,2H2,1H3. The number of hydrogen-bond donors (Lipinski definition) is 0. The molecule has 0 aliphatic heterocycles. The number of aromatic nitrogens is 3. The third-order valence-corrected chi connectivity index (χ3v) is 4.92. The third kappa shape index (κ3) is 3.18. The van der Waals surface area contributed by atoms with Gasteiger partial charge in [0.25, 0.3) is 0 Å². The topological polar surface area (TPSA) is 22.8 Å². The van der Waals surface area contributed by atoms with Gasteiger partial charge in [0.15, 0.2) is 0 Å². The molecule has 0 aliphatic rings. The molecule has 2 aromatic carbocycles. The zero-order chi connectivity index (χ0) is 17.9. The summed E-state index contributed by atoms with van der Waals surface area (Å²) in [6, 6.07) is 18.7. The highest BCUT2D eigenvalue weighted by molar-refractivity contribution is 6.30. The molecule has 0 aliphatic carbocycles. The first-order valence-electron chi connectivity index (χ1n) is 8.74. The van der Waals surface area contributed by atoms with E-state index in [1.54, 1.807) is 0 Å². The molecule has 4 rings (SSSR count). The fraction of sp³-hybridized carbons (Fsp3) is 0.136. The second kappa shape index (κ2) is 7.22. The Kier molecular flexibility index (Phi) is 4.63. The first-order chi connectivity index (χ1) is 12.8. The lowest BCUT2D eigenvalue weighted by molar-refractivity contribution is 0.671. The van der Waals surface area contributed by atoms with Gasteiger partial charge < -0.3 is 9.13 Å². The molecule has 0 spiro atoms. The number of nitrogens with zero attached hydrogens (tertiary/aromatic N) is 3. The van der Waals surface area contributed by atoms with Gasteiger partial charge >= 0.3 is 0 Å². The Morgan fingerprint density at radius 1 is 1.00 bits per heavy atom. The molecule has 0 amide bonds. The van der Waals surface area contributed by atoms with E-state index in [2.05, 4.69) is 69.8 Å². The molecule has 0 bridgehead atoms. The van der Waals surface area contributed by atoms with Gasteiger partial charge in [-0.05, 0) is 30.2 Å². The van der Waals surface area contributed by atoms with Crippen LogP contribution < -0.4 is 0 Å². The van der Waals surface area contributed by atoms with Crippen molar-refractivity contribution < 1.29 is 0 Å². The van der Waals surface area contributed by atoms with Crippen molar-refractivity contribution in [3.05, 3.63) is 102 Å². The summed E-state index contributed by atoms with van der Waals surface area (Å²) in [5.41, 5.74) is 4.86. The number of aryl methyl sites for hydroxylation is 1. The molecule has 1 unspecified atom stereocenters. The maximum absolute atomic E-state index is 6.09. The van der Waals surface area contributed by atoms with E-state index in [9.17, 15) is 0 Å². The van der Waals surface area contributed by atoms with E-state index in [-0.39, 0.29) is 6.04 Å². The van der Waals surface area contributed by atoms with Crippen molar-refractivity contribution >= 4 is 11.6 Å². The van der Waals surface area contributed by atoms with Gasteiger partial charge in [-0.15, -0.1) is 0 Å². The Balaban J connectivity index is 1.91. The zero-order valence-electron chi connectivity index (χ0n) is 14.6. The first-order valence-corrected chi connectivity index (χ1v) is 9.12. The van der Waals surface area contributed by atoms with E-state index in [1.165, 1.54) is 16.7 Å². The highest BCUT2D eigenvalue weighted by atomic mass is 35.5. The molecule has 0 saturated heterocycles. The first kappa shape index (κ1) is 16.7. The number of rotatable bonds is 5. The van der Waals surface area contributed by atoms with Gasteiger partial charge in [0.1, 0.15) is 0 Å². The van der Waals surface area contributed by atoms with Crippen LogP contribution >= 0.6 is 11.6 Å². The molecule has 0 saturated carbocycles. The van der Waals surface area contributed by atoms with E-state index in [0.29, 0.717) is 0 Å². The van der Waals surface area contributed by atoms with Gasteiger partial charge in [0.2, 0.25) is 0 Å². The van der Waals surface area contributed by atoms with Crippen LogP contribution in [0, 0.1) is 0 Å². The summed E-state index contributed by atoms with van der Waals surface area (Å²) in [7, 11) is 0. The molecule has 4 heteroatoms. The minimum Gasteiger partial charge on any atom is -0.354 e. The fourth-order valence-electron chi connectivity index (χ4n) is 3.37. The van der Waals surface area contributed by atoms with Gasteiger partial charge in [-0.25, -0.2) is 4.98 Å². The quantitative estimate of drug-likeness (QED) is 0.449. The highest BCUT2D eigenvalue weighted by Crippen LogP contribution is 2.35. The van der Waals surface area contributed by atoms with E-state index in [0.717, 1.165) is 17.1 Å². The van der Waals surface area contributed by atoms with Crippen LogP contribution in [0.25, 0.3) is 11.1 Å². The summed E-state index contributed by atoms with van der Waals surface area (Å²) in [5, 5.41) is 0.749. The van der Waals surface area contributed by atoms with Crippen LogP contribution in [0.1, 0.15) is 24.1 Å². The lowest BCUT2D eigenvalue weighted by Crippen LogP contribution is -2.11. The van der Waals surface area contributed by atoms with Gasteiger partial charge in [-0.1, -0.05) is 54.1 Å². The maximum Gasteiger partial charge on any atom is 0.0954 e. The van der Waals surface area contributed by atoms with Crippen LogP contribution in [0.5, 0.6) is 0 Å². The minimum absolute atomic E-state index is 0.0668. The Morgan fingerprint density at radius 2 is 1.77 bits per heavy atom. The molecule has 2 aromatic heterocycles. The number of imidazole rings is 1. The fourth-order valence-corrected chi connectivity index (χ4v) is 3.49. The molecule has 0 radical (unpaired) electrons. The van der Waals surface area contributed by atoms with E-state index in [4.69, 9.17) is 11.6 Å². The molecule has 0 fully saturated rings. The van der Waals surface area contributed by atoms with Crippen LogP contribution in [-0.4, -0.2) is 14.1 Å². The molecule has 130 valence electrons. The predicted molar refractivity (Wildman–Crippen MR) is 106 cm³/mol. The lowest BCUT2D eigenvalue weighted by Gasteiger charge is -2.20. The summed E-state index contributed by atoms with van der Waals surface area (Å²) >= 11 is 6.09. The van der Waals surface area contributed by atoms with Gasteiger partial charge in [-0.3, -0.25) is 0 Å². The van der Waals surface area contributed by atoms with Crippen molar-refractivity contribution in [3.8, 4) is 11.1 Å². The monoisotopic (exact) mass is 361 g/mol. The molecule has 0 N–H and O–H groups in total. The van der Waals surface area contributed by atoms with E-state index >= 15 is 0 Å². The molecular formula is C22H20ClN3. The average Bonchev–Trinajstić information content (AvgIpc) is 3.34. The predicted octanol–water partition coefficient (Wildman–Crippen LogP) is 5.66. The average molecular weight is 362 g/mol. The summed E-state index contributed by atoms with van der Waals surface area (Å²) in [4.78, 5) is 4.27. The van der Waals surface area contributed by atoms with Crippen LogP contribution in [0.3, 0.4) is 0 Å². The van der Waals surface area contributed by atoms with Crippen molar-refractivity contribution in [2.24, 2.45) is 0 Å². The highest BCUT2D eigenvalue weighted by Gasteiger charge is 2.21. The minimum atomic E-state index is 0.0668. The van der Waals surface area contributed by atoms with Crippen LogP contribution in [0.4, 0.5) is 0 Å². The molecule has 3 nitrogen and oxygen atoms in total. The van der Waals surface area contributed by atoms with Crippen LogP contribution in [0.15, 0.2) is 85.7 Å². The molecule has 1 atom stereocenters. The normalized spacial score (nSPS) is 12.2. The van der Waals surface area contributed by atoms with Crippen molar-refractivity contribution in [2.75, 3.05) is 0 Å². The van der Waals surface area contributed by atoms with Gasteiger partial charge in [0.05, 0.1) is 12.4 Å². The number of halogens is 1. The van der Waals surface area contributed by atoms with Crippen molar-refractivity contribution in [2.45, 2.75) is 19.5 Å². The Labute approximate surface area is 158 Å². The molecular weight excluding hydrogens is 342 g/mol. The van der Waals surface area contributed by atoms with Crippen LogP contribution in [-0.2, 0) is 6.54 Å². The van der Waals surface area contributed by atoms with Gasteiger partial charge in [-0.2, -0.15) is 0 Å². The Bertz CT molecular complexity index is 970. The van der Waals surface area contributed by atoms with Crippen molar-refractivity contribution in [1.29, 1.82) is 0 Å². The SMILES string of the molecule is CCn1cc(-c2ccc(Cl)cc2)c(C(c2ccccc2)n2ccnc2)c1. The van der Waals surface area contributed by atoms with Crippen LogP contribution in [0.2, 0.25) is 5.02 Å². The molecule has 4 aromatic rings. The largest absolute Gasteiger partial charge is 0.354 e. The second-order valence-electron chi connectivity index (χ2n) is 6.29. The van der Waals surface area contributed by atoms with Crippen molar-refractivity contribution in [1.82, 2.24) is 14.1 Å². The molecule has 2 heterocycles. The zero-order valence-corrected chi connectivity index (χ0v) is 15.3. The summed E-state index contributed by atoms with van der Waals surface area (Å²) in [5.74, 6) is 0. The van der Waals surface area contributed by atoms with Crippen molar-refractivity contribution in [3.63, 3.8) is 0 Å². The maximum atomic E-state index is 6.09. The van der Waals surface area contributed by atoms with E-state index in [1.807, 2.05) is 36.9 Å². The molecule has 26 heavy (non-hydrogen) atoms. The Morgan fingerprint density at radius 3 is 2.42 bits per heavy atom. The summed E-state index contributed by atoms with van der Waals surface area (Å²) in [6.45, 7) is 3.08.